The number of carbonyl (C=O) groups is 1. The maximum atomic E-state index is 11.9. The van der Waals surface area contributed by atoms with E-state index in [0.717, 1.165) is 20.5 Å². The molecule has 1 amide bonds. The summed E-state index contributed by atoms with van der Waals surface area (Å²) in [6, 6.07) is 11.4. The smallest absolute Gasteiger partial charge is 0.220 e. The minimum atomic E-state index is -0.0203. The van der Waals surface area contributed by atoms with Gasteiger partial charge in [0, 0.05) is 17.0 Å². The van der Waals surface area contributed by atoms with Crippen molar-refractivity contribution in [2.24, 2.45) is 0 Å². The molecule has 0 fully saturated rings. The van der Waals surface area contributed by atoms with Crippen LogP contribution in [0.3, 0.4) is 0 Å². The van der Waals surface area contributed by atoms with E-state index < -0.39 is 0 Å². The SMILES string of the molecule is CC(NC(=O)CCc1ccccc1N)c1ccc(Cl)s1. The first-order valence-electron chi connectivity index (χ1n) is 6.44. The zero-order chi connectivity index (χ0) is 14.5. The highest BCUT2D eigenvalue weighted by Gasteiger charge is 2.12. The Morgan fingerprint density at radius 1 is 1.35 bits per heavy atom. The van der Waals surface area contributed by atoms with Crippen LogP contribution in [-0.2, 0) is 11.2 Å². The monoisotopic (exact) mass is 308 g/mol. The molecule has 0 aliphatic carbocycles. The Morgan fingerprint density at radius 3 is 2.75 bits per heavy atom. The van der Waals surface area contributed by atoms with Gasteiger partial charge in [-0.25, -0.2) is 0 Å². The highest BCUT2D eigenvalue weighted by Crippen LogP contribution is 2.26. The fourth-order valence-electron chi connectivity index (χ4n) is 1.96. The lowest BCUT2D eigenvalue weighted by atomic mass is 10.1. The second kappa shape index (κ2) is 6.77. The summed E-state index contributed by atoms with van der Waals surface area (Å²) in [5.41, 5.74) is 7.60. The van der Waals surface area contributed by atoms with E-state index in [0.29, 0.717) is 12.8 Å². The molecule has 20 heavy (non-hydrogen) atoms. The van der Waals surface area contributed by atoms with Crippen molar-refractivity contribution in [3.8, 4) is 0 Å². The highest BCUT2D eigenvalue weighted by molar-refractivity contribution is 7.16. The first-order chi connectivity index (χ1) is 9.56. The van der Waals surface area contributed by atoms with Gasteiger partial charge in [0.15, 0.2) is 0 Å². The maximum Gasteiger partial charge on any atom is 0.220 e. The van der Waals surface area contributed by atoms with Crippen LogP contribution in [0, 0.1) is 0 Å². The van der Waals surface area contributed by atoms with Crippen molar-refractivity contribution in [3.63, 3.8) is 0 Å². The van der Waals surface area contributed by atoms with Gasteiger partial charge in [0.25, 0.3) is 0 Å². The third kappa shape index (κ3) is 3.99. The van der Waals surface area contributed by atoms with Crippen molar-refractivity contribution >= 4 is 34.5 Å². The second-order valence-corrected chi connectivity index (χ2v) is 6.38. The number of halogens is 1. The van der Waals surface area contributed by atoms with E-state index in [4.69, 9.17) is 17.3 Å². The molecule has 2 rings (SSSR count). The summed E-state index contributed by atoms with van der Waals surface area (Å²) >= 11 is 7.38. The van der Waals surface area contributed by atoms with E-state index in [2.05, 4.69) is 5.32 Å². The Morgan fingerprint density at radius 2 is 2.10 bits per heavy atom. The van der Waals surface area contributed by atoms with E-state index >= 15 is 0 Å². The van der Waals surface area contributed by atoms with Gasteiger partial charge in [0.2, 0.25) is 5.91 Å². The number of hydrogen-bond donors (Lipinski definition) is 2. The normalized spacial score (nSPS) is 12.1. The van der Waals surface area contributed by atoms with Gasteiger partial charge < -0.3 is 11.1 Å². The Kier molecular flexibility index (Phi) is 5.04. The Labute approximate surface area is 127 Å². The van der Waals surface area contributed by atoms with Crippen molar-refractivity contribution in [3.05, 3.63) is 51.2 Å². The van der Waals surface area contributed by atoms with Gasteiger partial charge in [-0.1, -0.05) is 29.8 Å². The molecule has 0 saturated heterocycles. The lowest BCUT2D eigenvalue weighted by molar-refractivity contribution is -0.121. The average Bonchev–Trinajstić information content (AvgIpc) is 2.84. The molecular weight excluding hydrogens is 292 g/mol. The molecule has 1 aromatic carbocycles. The average molecular weight is 309 g/mol. The summed E-state index contributed by atoms with van der Waals surface area (Å²) in [6.07, 6.45) is 1.08. The molecule has 1 unspecified atom stereocenters. The first-order valence-corrected chi connectivity index (χ1v) is 7.63. The molecule has 0 aliphatic heterocycles. The van der Waals surface area contributed by atoms with Crippen LogP contribution in [0.1, 0.15) is 29.8 Å². The summed E-state index contributed by atoms with van der Waals surface area (Å²) in [4.78, 5) is 13.0. The van der Waals surface area contributed by atoms with Crippen LogP contribution in [0.15, 0.2) is 36.4 Å². The lowest BCUT2D eigenvalue weighted by Crippen LogP contribution is -2.26. The number of anilines is 1. The standard InChI is InChI=1S/C15H17ClN2OS/c1-10(13-7-8-14(16)20-13)18-15(19)9-6-11-4-2-3-5-12(11)17/h2-5,7-8,10H,6,9,17H2,1H3,(H,18,19). The topological polar surface area (TPSA) is 55.1 Å². The van der Waals surface area contributed by atoms with Crippen LogP contribution in [-0.4, -0.2) is 5.91 Å². The van der Waals surface area contributed by atoms with Crippen molar-refractivity contribution in [2.75, 3.05) is 5.73 Å². The van der Waals surface area contributed by atoms with Crippen LogP contribution in [0.5, 0.6) is 0 Å². The second-order valence-electron chi connectivity index (χ2n) is 4.63. The van der Waals surface area contributed by atoms with Crippen LogP contribution in [0.4, 0.5) is 5.69 Å². The number of carbonyl (C=O) groups excluding carboxylic acids is 1. The number of amides is 1. The van der Waals surface area contributed by atoms with Crippen LogP contribution in [0.2, 0.25) is 4.34 Å². The molecule has 3 N–H and O–H groups in total. The molecule has 0 radical (unpaired) electrons. The number of rotatable bonds is 5. The van der Waals surface area contributed by atoms with E-state index in [-0.39, 0.29) is 11.9 Å². The summed E-state index contributed by atoms with van der Waals surface area (Å²) in [7, 11) is 0. The van der Waals surface area contributed by atoms with Crippen molar-refractivity contribution in [1.82, 2.24) is 5.32 Å². The van der Waals surface area contributed by atoms with Crippen molar-refractivity contribution in [1.29, 1.82) is 0 Å². The quantitative estimate of drug-likeness (QED) is 0.826. The Bertz CT molecular complexity index is 597. The third-order valence-electron chi connectivity index (χ3n) is 3.07. The van der Waals surface area contributed by atoms with Gasteiger partial charge in [-0.05, 0) is 37.1 Å². The molecule has 0 bridgehead atoms. The minimum absolute atomic E-state index is 0.0188. The Hall–Kier alpha value is -1.52. The van der Waals surface area contributed by atoms with Gasteiger partial charge in [-0.3, -0.25) is 4.79 Å². The zero-order valence-corrected chi connectivity index (χ0v) is 12.8. The molecule has 0 spiro atoms. The maximum absolute atomic E-state index is 11.9. The van der Waals surface area contributed by atoms with E-state index in [1.165, 1.54) is 11.3 Å². The summed E-state index contributed by atoms with van der Waals surface area (Å²) in [5.74, 6) is 0.0188. The van der Waals surface area contributed by atoms with E-state index in [1.807, 2.05) is 43.3 Å². The number of nitrogens with one attached hydrogen (secondary N) is 1. The molecular formula is C15H17ClN2OS. The van der Waals surface area contributed by atoms with Crippen LogP contribution >= 0.6 is 22.9 Å². The van der Waals surface area contributed by atoms with Gasteiger partial charge >= 0.3 is 0 Å². The number of benzene rings is 1. The van der Waals surface area contributed by atoms with E-state index in [9.17, 15) is 4.79 Å². The van der Waals surface area contributed by atoms with Gasteiger partial charge in [0.1, 0.15) is 0 Å². The van der Waals surface area contributed by atoms with Crippen LogP contribution in [0.25, 0.3) is 0 Å². The summed E-state index contributed by atoms with van der Waals surface area (Å²) < 4.78 is 0.734. The lowest BCUT2D eigenvalue weighted by Gasteiger charge is -2.12. The molecule has 2 aromatic rings. The molecule has 1 atom stereocenters. The Balaban J connectivity index is 1.85. The number of nitrogens with two attached hydrogens (primary N) is 1. The number of nitrogen functional groups attached to an aromatic ring is 1. The fourth-order valence-corrected chi connectivity index (χ4v) is 3.02. The van der Waals surface area contributed by atoms with Crippen LogP contribution < -0.4 is 11.1 Å². The molecule has 1 heterocycles. The predicted octanol–water partition coefficient (Wildman–Crippen LogP) is 3.79. The highest BCUT2D eigenvalue weighted by atomic mass is 35.5. The van der Waals surface area contributed by atoms with Crippen molar-refractivity contribution < 1.29 is 4.79 Å². The summed E-state index contributed by atoms with van der Waals surface area (Å²) in [6.45, 7) is 1.96. The molecule has 0 aliphatic rings. The molecule has 1 aromatic heterocycles. The molecule has 5 heteroatoms. The first kappa shape index (κ1) is 14.9. The van der Waals surface area contributed by atoms with Gasteiger partial charge in [-0.2, -0.15) is 0 Å². The summed E-state index contributed by atoms with van der Waals surface area (Å²) in [5, 5.41) is 2.97. The molecule has 3 nitrogen and oxygen atoms in total. The van der Waals surface area contributed by atoms with E-state index in [1.54, 1.807) is 0 Å². The molecule has 106 valence electrons. The number of para-hydroxylation sites is 1. The predicted molar refractivity (Wildman–Crippen MR) is 85.1 cm³/mol. The fraction of sp³-hybridized carbons (Fsp3) is 0.267. The number of thiophene rings is 1. The third-order valence-corrected chi connectivity index (χ3v) is 4.49. The molecule has 0 saturated carbocycles. The minimum Gasteiger partial charge on any atom is -0.399 e. The van der Waals surface area contributed by atoms with Gasteiger partial charge in [0.05, 0.1) is 10.4 Å². The largest absolute Gasteiger partial charge is 0.399 e. The number of aryl methyl sites for hydroxylation is 1. The van der Waals surface area contributed by atoms with Crippen molar-refractivity contribution in [2.45, 2.75) is 25.8 Å². The number of hydrogen-bond acceptors (Lipinski definition) is 3. The zero-order valence-electron chi connectivity index (χ0n) is 11.2. The van der Waals surface area contributed by atoms with Gasteiger partial charge in [-0.15, -0.1) is 11.3 Å².